The summed E-state index contributed by atoms with van der Waals surface area (Å²) in [5.41, 5.74) is 1.58. The lowest BCUT2D eigenvalue weighted by molar-refractivity contribution is 0.00578. The summed E-state index contributed by atoms with van der Waals surface area (Å²) in [6, 6.07) is 2.03. The summed E-state index contributed by atoms with van der Waals surface area (Å²) in [5, 5.41) is 0. The molecular formula is C14H23BN2O2. The lowest BCUT2D eigenvalue weighted by atomic mass is 9.77. The molecule has 0 aromatic carbocycles. The zero-order valence-electron chi connectivity index (χ0n) is 12.7. The van der Waals surface area contributed by atoms with Crippen LogP contribution in [0.1, 0.15) is 33.3 Å². The van der Waals surface area contributed by atoms with E-state index in [-0.39, 0.29) is 18.3 Å². The summed E-state index contributed by atoms with van der Waals surface area (Å²) >= 11 is 0. The van der Waals surface area contributed by atoms with E-state index < -0.39 is 0 Å². The molecule has 0 aliphatic carbocycles. The second-order valence-corrected chi connectivity index (χ2v) is 6.40. The summed E-state index contributed by atoms with van der Waals surface area (Å²) < 4.78 is 12.2. The molecule has 0 N–H and O–H groups in total. The maximum atomic E-state index is 6.09. The Bertz CT molecular complexity index is 445. The van der Waals surface area contributed by atoms with E-state index in [1.807, 2.05) is 18.5 Å². The van der Waals surface area contributed by atoms with Gasteiger partial charge in [-0.25, -0.2) is 0 Å². The highest BCUT2D eigenvalue weighted by atomic mass is 16.7. The fourth-order valence-electron chi connectivity index (χ4n) is 2.10. The average molecular weight is 262 g/mol. The van der Waals surface area contributed by atoms with Gasteiger partial charge >= 0.3 is 7.12 Å². The van der Waals surface area contributed by atoms with Crippen LogP contribution in [0.15, 0.2) is 18.5 Å². The Morgan fingerprint density at radius 3 is 2.26 bits per heavy atom. The SMILES string of the molecule is CN(C)Cc1ccncc1B1OC(C)(C)C(C)(C)O1. The zero-order valence-corrected chi connectivity index (χ0v) is 12.7. The number of aromatic nitrogens is 1. The minimum absolute atomic E-state index is 0.317. The van der Waals surface area contributed by atoms with Crippen molar-refractivity contribution in [3.8, 4) is 0 Å². The molecule has 1 aliphatic rings. The normalized spacial score (nSPS) is 21.1. The van der Waals surface area contributed by atoms with Crippen molar-refractivity contribution in [2.24, 2.45) is 0 Å². The Morgan fingerprint density at radius 1 is 1.16 bits per heavy atom. The Kier molecular flexibility index (Phi) is 3.73. The number of rotatable bonds is 3. The molecule has 0 unspecified atom stereocenters. The molecule has 104 valence electrons. The third kappa shape index (κ3) is 2.83. The van der Waals surface area contributed by atoms with E-state index >= 15 is 0 Å². The predicted octanol–water partition coefficient (Wildman–Crippen LogP) is 1.44. The molecule has 19 heavy (non-hydrogen) atoms. The molecule has 4 nitrogen and oxygen atoms in total. The van der Waals surface area contributed by atoms with Crippen molar-refractivity contribution < 1.29 is 9.31 Å². The van der Waals surface area contributed by atoms with Crippen LogP contribution in [-0.2, 0) is 15.9 Å². The molecule has 2 rings (SSSR count). The van der Waals surface area contributed by atoms with Crippen LogP contribution in [0.2, 0.25) is 0 Å². The zero-order chi connectivity index (χ0) is 14.3. The molecule has 1 saturated heterocycles. The smallest absolute Gasteiger partial charge is 0.399 e. The molecule has 0 amide bonds. The molecule has 0 bridgehead atoms. The third-order valence-corrected chi connectivity index (χ3v) is 3.94. The summed E-state index contributed by atoms with van der Waals surface area (Å²) in [5.74, 6) is 0. The highest BCUT2D eigenvalue weighted by molar-refractivity contribution is 6.62. The molecule has 0 saturated carbocycles. The number of hydrogen-bond acceptors (Lipinski definition) is 4. The second kappa shape index (κ2) is 4.89. The Morgan fingerprint density at radius 2 is 1.74 bits per heavy atom. The molecular weight excluding hydrogens is 239 g/mol. The Hall–Kier alpha value is -0.905. The van der Waals surface area contributed by atoms with Gasteiger partial charge in [0, 0.05) is 24.4 Å². The lowest BCUT2D eigenvalue weighted by Crippen LogP contribution is -2.41. The minimum Gasteiger partial charge on any atom is -0.399 e. The van der Waals surface area contributed by atoms with Gasteiger partial charge in [0.15, 0.2) is 0 Å². The van der Waals surface area contributed by atoms with Gasteiger partial charge in [0.1, 0.15) is 0 Å². The van der Waals surface area contributed by atoms with Crippen LogP contribution in [-0.4, -0.2) is 42.3 Å². The van der Waals surface area contributed by atoms with E-state index in [1.165, 1.54) is 5.56 Å². The minimum atomic E-state index is -0.339. The first kappa shape index (κ1) is 14.5. The van der Waals surface area contributed by atoms with E-state index in [0.29, 0.717) is 0 Å². The highest BCUT2D eigenvalue weighted by Crippen LogP contribution is 2.36. The molecule has 5 heteroatoms. The summed E-state index contributed by atoms with van der Waals surface area (Å²) in [7, 11) is 3.76. The van der Waals surface area contributed by atoms with Gasteiger partial charge in [-0.3, -0.25) is 4.98 Å². The molecule has 0 atom stereocenters. The number of hydrogen-bond donors (Lipinski definition) is 0. The summed E-state index contributed by atoms with van der Waals surface area (Å²) in [6.45, 7) is 9.11. The van der Waals surface area contributed by atoms with Crippen LogP contribution in [0.25, 0.3) is 0 Å². The summed E-state index contributed by atoms with van der Waals surface area (Å²) in [4.78, 5) is 6.34. The van der Waals surface area contributed by atoms with Crippen molar-refractivity contribution in [2.45, 2.75) is 45.4 Å². The van der Waals surface area contributed by atoms with E-state index in [1.54, 1.807) is 0 Å². The highest BCUT2D eigenvalue weighted by Gasteiger charge is 2.52. The van der Waals surface area contributed by atoms with Crippen molar-refractivity contribution >= 4 is 12.6 Å². The molecule has 1 aromatic rings. The van der Waals surface area contributed by atoms with Crippen molar-refractivity contribution in [3.63, 3.8) is 0 Å². The Balaban J connectivity index is 2.29. The van der Waals surface area contributed by atoms with Crippen LogP contribution in [0, 0.1) is 0 Å². The van der Waals surface area contributed by atoms with Crippen molar-refractivity contribution in [1.82, 2.24) is 9.88 Å². The van der Waals surface area contributed by atoms with Gasteiger partial charge < -0.3 is 14.2 Å². The quantitative estimate of drug-likeness (QED) is 0.772. The number of nitrogens with zero attached hydrogens (tertiary/aromatic N) is 2. The summed E-state index contributed by atoms with van der Waals surface area (Å²) in [6.07, 6.45) is 3.66. The molecule has 0 radical (unpaired) electrons. The van der Waals surface area contributed by atoms with E-state index in [9.17, 15) is 0 Å². The first-order chi connectivity index (χ1) is 8.73. The maximum Gasteiger partial charge on any atom is 0.496 e. The second-order valence-electron chi connectivity index (χ2n) is 6.40. The fourth-order valence-corrected chi connectivity index (χ4v) is 2.10. The van der Waals surface area contributed by atoms with Gasteiger partial charge in [-0.2, -0.15) is 0 Å². The first-order valence-electron chi connectivity index (χ1n) is 6.66. The predicted molar refractivity (Wildman–Crippen MR) is 77.3 cm³/mol. The molecule has 2 heterocycles. The van der Waals surface area contributed by atoms with Crippen LogP contribution in [0.4, 0.5) is 0 Å². The number of pyridine rings is 1. The van der Waals surface area contributed by atoms with E-state index in [4.69, 9.17) is 9.31 Å². The van der Waals surface area contributed by atoms with E-state index in [0.717, 1.165) is 12.0 Å². The van der Waals surface area contributed by atoms with Gasteiger partial charge in [-0.15, -0.1) is 0 Å². The average Bonchev–Trinajstić information content (AvgIpc) is 2.48. The van der Waals surface area contributed by atoms with Crippen molar-refractivity contribution in [2.75, 3.05) is 14.1 Å². The van der Waals surface area contributed by atoms with Gasteiger partial charge in [0.2, 0.25) is 0 Å². The van der Waals surface area contributed by atoms with Gasteiger partial charge in [0.25, 0.3) is 0 Å². The third-order valence-electron chi connectivity index (χ3n) is 3.94. The van der Waals surface area contributed by atoms with E-state index in [2.05, 4.69) is 51.7 Å². The van der Waals surface area contributed by atoms with Crippen LogP contribution < -0.4 is 5.46 Å². The maximum absolute atomic E-state index is 6.09. The Labute approximate surface area is 116 Å². The van der Waals surface area contributed by atoms with Crippen molar-refractivity contribution in [3.05, 3.63) is 24.0 Å². The van der Waals surface area contributed by atoms with Gasteiger partial charge in [-0.05, 0) is 53.4 Å². The molecule has 0 spiro atoms. The van der Waals surface area contributed by atoms with Crippen LogP contribution in [0.3, 0.4) is 0 Å². The largest absolute Gasteiger partial charge is 0.496 e. The van der Waals surface area contributed by atoms with Gasteiger partial charge in [-0.1, -0.05) is 0 Å². The lowest BCUT2D eigenvalue weighted by Gasteiger charge is -2.32. The molecule has 1 aliphatic heterocycles. The van der Waals surface area contributed by atoms with Crippen LogP contribution >= 0.6 is 0 Å². The fraction of sp³-hybridized carbons (Fsp3) is 0.643. The van der Waals surface area contributed by atoms with Crippen molar-refractivity contribution in [1.29, 1.82) is 0 Å². The standard InChI is InChI=1S/C14H23BN2O2/c1-13(2)14(3,4)19-15(18-13)12-9-16-8-7-11(12)10-17(5)6/h7-9H,10H2,1-6H3. The first-order valence-corrected chi connectivity index (χ1v) is 6.66. The topological polar surface area (TPSA) is 34.6 Å². The molecule has 1 aromatic heterocycles. The van der Waals surface area contributed by atoms with Crippen LogP contribution in [0.5, 0.6) is 0 Å². The van der Waals surface area contributed by atoms with Gasteiger partial charge in [0.05, 0.1) is 11.2 Å². The monoisotopic (exact) mass is 262 g/mol. The molecule has 1 fully saturated rings.